The van der Waals surface area contributed by atoms with Gasteiger partial charge in [0.25, 0.3) is 0 Å². The van der Waals surface area contributed by atoms with E-state index in [-0.39, 0.29) is 0 Å². The third kappa shape index (κ3) is 7.26. The average molecular weight is 389 g/mol. The smallest absolute Gasteiger partial charge is 0.119 e. The van der Waals surface area contributed by atoms with Crippen molar-refractivity contribution in [3.05, 3.63) is 54.6 Å². The number of halogens is 1. The summed E-state index contributed by atoms with van der Waals surface area (Å²) in [5, 5.41) is 8.43. The number of azo groups is 1. The molecule has 0 spiro atoms. The van der Waals surface area contributed by atoms with Crippen molar-refractivity contribution in [3.63, 3.8) is 0 Å². The Hall–Kier alpha value is -1.68. The van der Waals surface area contributed by atoms with Crippen molar-refractivity contribution in [1.29, 1.82) is 0 Å². The lowest BCUT2D eigenvalue weighted by atomic mass is 10.1. The van der Waals surface area contributed by atoms with Crippen molar-refractivity contribution in [2.45, 2.75) is 43.9 Å². The molecule has 0 radical (unpaired) electrons. The summed E-state index contributed by atoms with van der Waals surface area (Å²) in [7, 11) is 0. The van der Waals surface area contributed by atoms with Crippen LogP contribution in [0.15, 0.2) is 64.8 Å². The van der Waals surface area contributed by atoms with Crippen LogP contribution in [0.2, 0.25) is 0 Å². The molecule has 2 rings (SSSR count). The van der Waals surface area contributed by atoms with Gasteiger partial charge in [-0.15, -0.1) is 0 Å². The molecule has 2 aromatic rings. The number of unbranched alkanes of at least 4 members (excludes halogenated alkanes) is 1. The van der Waals surface area contributed by atoms with Crippen molar-refractivity contribution in [3.8, 4) is 5.75 Å². The Morgan fingerprint density at radius 1 is 0.875 bits per heavy atom. The van der Waals surface area contributed by atoms with Crippen LogP contribution in [0.3, 0.4) is 0 Å². The molecule has 0 aliphatic heterocycles. The van der Waals surface area contributed by atoms with Gasteiger partial charge in [0, 0.05) is 4.83 Å². The molecule has 1 atom stereocenters. The SMILES string of the molecule is CCCCC(Br)CCCOc1ccc(/N=N/c2ccccc2)cc1. The zero-order valence-electron chi connectivity index (χ0n) is 14.2. The maximum Gasteiger partial charge on any atom is 0.119 e. The molecule has 0 bridgehead atoms. The second-order valence-electron chi connectivity index (χ2n) is 5.76. The minimum absolute atomic E-state index is 0.613. The van der Waals surface area contributed by atoms with Gasteiger partial charge in [0.2, 0.25) is 0 Å². The van der Waals surface area contributed by atoms with Crippen LogP contribution >= 0.6 is 15.9 Å². The molecule has 1 unspecified atom stereocenters. The number of hydrogen-bond acceptors (Lipinski definition) is 3. The molecule has 0 aromatic heterocycles. The van der Waals surface area contributed by atoms with Gasteiger partial charge in [-0.1, -0.05) is 53.9 Å². The van der Waals surface area contributed by atoms with E-state index >= 15 is 0 Å². The Kier molecular flexibility index (Phi) is 8.53. The molecule has 0 N–H and O–H groups in total. The van der Waals surface area contributed by atoms with Crippen molar-refractivity contribution in [1.82, 2.24) is 0 Å². The largest absolute Gasteiger partial charge is 0.494 e. The van der Waals surface area contributed by atoms with Crippen molar-refractivity contribution in [2.75, 3.05) is 6.61 Å². The highest BCUT2D eigenvalue weighted by Crippen LogP contribution is 2.21. The van der Waals surface area contributed by atoms with Crippen LogP contribution in [0.4, 0.5) is 11.4 Å². The summed E-state index contributed by atoms with van der Waals surface area (Å²) < 4.78 is 5.79. The Balaban J connectivity index is 1.71. The van der Waals surface area contributed by atoms with Gasteiger partial charge in [-0.3, -0.25) is 0 Å². The van der Waals surface area contributed by atoms with E-state index in [0.29, 0.717) is 4.83 Å². The molecular weight excluding hydrogens is 364 g/mol. The highest BCUT2D eigenvalue weighted by atomic mass is 79.9. The first-order valence-corrected chi connectivity index (χ1v) is 9.53. The van der Waals surface area contributed by atoms with Gasteiger partial charge in [0.15, 0.2) is 0 Å². The van der Waals surface area contributed by atoms with Crippen molar-refractivity contribution >= 4 is 27.3 Å². The van der Waals surface area contributed by atoms with Gasteiger partial charge in [-0.25, -0.2) is 0 Å². The predicted octanol–water partition coefficient (Wildman–Crippen LogP) is 7.21. The maximum atomic E-state index is 5.79. The molecule has 0 saturated heterocycles. The highest BCUT2D eigenvalue weighted by molar-refractivity contribution is 9.09. The minimum atomic E-state index is 0.613. The van der Waals surface area contributed by atoms with Gasteiger partial charge in [-0.05, 0) is 55.7 Å². The van der Waals surface area contributed by atoms with E-state index in [4.69, 9.17) is 4.74 Å². The number of nitrogens with zero attached hydrogens (tertiary/aromatic N) is 2. The molecule has 2 aromatic carbocycles. The average Bonchev–Trinajstić information content (AvgIpc) is 2.63. The molecule has 0 aliphatic rings. The maximum absolute atomic E-state index is 5.79. The molecule has 4 heteroatoms. The van der Waals surface area contributed by atoms with Crippen LogP contribution in [0.1, 0.15) is 39.0 Å². The number of benzene rings is 2. The fourth-order valence-corrected chi connectivity index (χ4v) is 2.93. The van der Waals surface area contributed by atoms with Crippen LogP contribution in [0.25, 0.3) is 0 Å². The first-order chi connectivity index (χ1) is 11.8. The van der Waals surface area contributed by atoms with E-state index in [1.54, 1.807) is 0 Å². The summed E-state index contributed by atoms with van der Waals surface area (Å²) in [4.78, 5) is 0.613. The van der Waals surface area contributed by atoms with E-state index in [0.717, 1.165) is 36.6 Å². The molecule has 0 fully saturated rings. The molecular formula is C20H25BrN2O. The molecule has 3 nitrogen and oxygen atoms in total. The number of rotatable bonds is 10. The lowest BCUT2D eigenvalue weighted by Gasteiger charge is -2.10. The summed E-state index contributed by atoms with van der Waals surface area (Å²) in [5.74, 6) is 0.883. The summed E-state index contributed by atoms with van der Waals surface area (Å²) in [6, 6.07) is 17.5. The normalized spacial score (nSPS) is 12.4. The van der Waals surface area contributed by atoms with Gasteiger partial charge in [-0.2, -0.15) is 10.2 Å². The third-order valence-electron chi connectivity index (χ3n) is 3.68. The van der Waals surface area contributed by atoms with Gasteiger partial charge < -0.3 is 4.74 Å². The Labute approximate surface area is 153 Å². The molecule has 128 valence electrons. The second-order valence-corrected chi connectivity index (χ2v) is 7.05. The Bertz CT molecular complexity index is 599. The predicted molar refractivity (Wildman–Crippen MR) is 104 cm³/mol. The Morgan fingerprint density at radius 2 is 1.50 bits per heavy atom. The van der Waals surface area contributed by atoms with Crippen LogP contribution in [-0.2, 0) is 0 Å². The van der Waals surface area contributed by atoms with E-state index in [1.165, 1.54) is 19.3 Å². The topological polar surface area (TPSA) is 34.0 Å². The first-order valence-electron chi connectivity index (χ1n) is 8.61. The van der Waals surface area contributed by atoms with Gasteiger partial charge in [0.1, 0.15) is 5.75 Å². The summed E-state index contributed by atoms with van der Waals surface area (Å²) in [6.45, 7) is 2.98. The quantitative estimate of drug-likeness (QED) is 0.240. The van der Waals surface area contributed by atoms with Gasteiger partial charge in [0.05, 0.1) is 18.0 Å². The minimum Gasteiger partial charge on any atom is -0.494 e. The van der Waals surface area contributed by atoms with Crippen LogP contribution < -0.4 is 4.74 Å². The zero-order valence-corrected chi connectivity index (χ0v) is 15.8. The number of hydrogen-bond donors (Lipinski definition) is 0. The van der Waals surface area contributed by atoms with Crippen molar-refractivity contribution < 1.29 is 4.74 Å². The molecule has 0 amide bonds. The monoisotopic (exact) mass is 388 g/mol. The highest BCUT2D eigenvalue weighted by Gasteiger charge is 2.03. The van der Waals surface area contributed by atoms with E-state index in [2.05, 4.69) is 33.1 Å². The molecule has 0 heterocycles. The van der Waals surface area contributed by atoms with E-state index in [1.807, 2.05) is 54.6 Å². The lowest BCUT2D eigenvalue weighted by molar-refractivity contribution is 0.305. The lowest BCUT2D eigenvalue weighted by Crippen LogP contribution is -2.03. The van der Waals surface area contributed by atoms with Crippen LogP contribution in [-0.4, -0.2) is 11.4 Å². The summed E-state index contributed by atoms with van der Waals surface area (Å²) in [5.41, 5.74) is 1.68. The van der Waals surface area contributed by atoms with E-state index in [9.17, 15) is 0 Å². The standard InChI is InChI=1S/C20H25BrN2O/c1-2-3-8-17(21)9-7-16-24-20-14-12-19(13-15-20)23-22-18-10-5-4-6-11-18/h4-6,10-15,17H,2-3,7-9,16H2,1H3/b23-22+. The van der Waals surface area contributed by atoms with Crippen molar-refractivity contribution in [2.24, 2.45) is 10.2 Å². The zero-order chi connectivity index (χ0) is 17.0. The molecule has 0 saturated carbocycles. The third-order valence-corrected chi connectivity index (χ3v) is 4.59. The van der Waals surface area contributed by atoms with E-state index < -0.39 is 0 Å². The fourth-order valence-electron chi connectivity index (χ4n) is 2.28. The van der Waals surface area contributed by atoms with Crippen LogP contribution in [0, 0.1) is 0 Å². The first kappa shape index (κ1) is 18.7. The number of alkyl halides is 1. The summed E-state index contributed by atoms with van der Waals surface area (Å²) in [6.07, 6.45) is 6.01. The van der Waals surface area contributed by atoms with Gasteiger partial charge >= 0.3 is 0 Å². The molecule has 24 heavy (non-hydrogen) atoms. The molecule has 0 aliphatic carbocycles. The van der Waals surface area contributed by atoms with Crippen LogP contribution in [0.5, 0.6) is 5.75 Å². The Morgan fingerprint density at radius 3 is 2.17 bits per heavy atom. The fraction of sp³-hybridized carbons (Fsp3) is 0.400. The second kappa shape index (κ2) is 11.0. The number of ether oxygens (including phenoxy) is 1. The summed E-state index contributed by atoms with van der Waals surface area (Å²) >= 11 is 3.73.